The predicted molar refractivity (Wildman–Crippen MR) is 161 cm³/mol. The Morgan fingerprint density at radius 2 is 1.59 bits per heavy atom. The molecule has 0 radical (unpaired) electrons. The zero-order chi connectivity index (χ0) is 29.9. The summed E-state index contributed by atoms with van der Waals surface area (Å²) in [6, 6.07) is 18.2. The Hall–Kier alpha value is -4.01. The van der Waals surface area contributed by atoms with Gasteiger partial charge in [0.15, 0.2) is 5.78 Å². The van der Waals surface area contributed by atoms with Gasteiger partial charge in [0, 0.05) is 31.2 Å². The molecule has 0 aliphatic rings. The zero-order valence-corrected chi connectivity index (χ0v) is 24.3. The van der Waals surface area contributed by atoms with Crippen LogP contribution in [0.4, 0.5) is 0 Å². The highest BCUT2D eigenvalue weighted by Gasteiger charge is 2.25. The molecule has 0 saturated carbocycles. The third kappa shape index (κ3) is 8.99. The molecule has 0 aliphatic heterocycles. The summed E-state index contributed by atoms with van der Waals surface area (Å²) in [6.45, 7) is 1.73. The van der Waals surface area contributed by atoms with Crippen molar-refractivity contribution in [3.05, 3.63) is 93.5 Å². The molecule has 2 amide bonds. The third-order valence-electron chi connectivity index (χ3n) is 6.46. The van der Waals surface area contributed by atoms with Crippen LogP contribution in [-0.4, -0.2) is 54.0 Å². The summed E-state index contributed by atoms with van der Waals surface area (Å²) in [5.41, 5.74) is 3.84. The molecule has 3 aromatic carbocycles. The molecule has 0 aromatic heterocycles. The number of nitrogens with one attached hydrogen (secondary N) is 2. The fourth-order valence-electron chi connectivity index (χ4n) is 4.17. The maximum absolute atomic E-state index is 12.9. The molecule has 0 unspecified atom stereocenters. The molecular weight excluding hydrogens is 565 g/mol. The third-order valence-corrected chi connectivity index (χ3v) is 7.06. The molecule has 0 aliphatic carbocycles. The maximum atomic E-state index is 12.9. The van der Waals surface area contributed by atoms with Crippen LogP contribution in [0.25, 0.3) is 11.1 Å². The summed E-state index contributed by atoms with van der Waals surface area (Å²) < 4.78 is 0. The predicted octanol–water partition coefficient (Wildman–Crippen LogP) is 5.65. The van der Waals surface area contributed by atoms with E-state index >= 15 is 0 Å². The second kappa shape index (κ2) is 15.1. The first-order chi connectivity index (χ1) is 19.6. The number of hydrogen-bond acceptors (Lipinski definition) is 5. The summed E-state index contributed by atoms with van der Waals surface area (Å²) in [6.07, 6.45) is 1.07. The van der Waals surface area contributed by atoms with Crippen molar-refractivity contribution in [3.8, 4) is 11.1 Å². The number of ketones is 1. The first-order valence-electron chi connectivity index (χ1n) is 13.0. The van der Waals surface area contributed by atoms with Gasteiger partial charge in [0.05, 0.1) is 22.2 Å². The van der Waals surface area contributed by atoms with Crippen LogP contribution < -0.4 is 10.6 Å². The zero-order valence-electron chi connectivity index (χ0n) is 22.7. The smallest absolute Gasteiger partial charge is 0.326 e. The second-order valence-electron chi connectivity index (χ2n) is 9.33. The molecule has 0 fully saturated rings. The monoisotopic (exact) mass is 595 g/mol. The van der Waals surface area contributed by atoms with Gasteiger partial charge in [0.2, 0.25) is 0 Å². The average Bonchev–Trinajstić information content (AvgIpc) is 2.96. The largest absolute Gasteiger partial charge is 0.480 e. The Bertz CT molecular complexity index is 1430. The molecule has 0 spiro atoms. The van der Waals surface area contributed by atoms with Crippen LogP contribution >= 0.6 is 23.2 Å². The summed E-state index contributed by atoms with van der Waals surface area (Å²) in [5, 5.41) is 14.7. The minimum Gasteiger partial charge on any atom is -0.480 e. The van der Waals surface area contributed by atoms with Gasteiger partial charge in [-0.05, 0) is 53.8 Å². The van der Waals surface area contributed by atoms with E-state index in [4.69, 9.17) is 23.2 Å². The number of hydrogen-bond donors (Lipinski definition) is 3. The van der Waals surface area contributed by atoms with E-state index in [1.807, 2.05) is 43.3 Å². The first kappa shape index (κ1) is 31.5. The van der Waals surface area contributed by atoms with Gasteiger partial charge in [-0.2, -0.15) is 0 Å². The molecule has 0 bridgehead atoms. The number of Topliss-reactive ketones (excluding diaryl/α,β-unsaturated/α-hetero) is 1. The van der Waals surface area contributed by atoms with E-state index in [1.54, 1.807) is 37.4 Å². The van der Waals surface area contributed by atoms with Crippen molar-refractivity contribution < 1.29 is 24.3 Å². The number of carbonyl (C=O) groups excluding carboxylic acids is 3. The van der Waals surface area contributed by atoms with Gasteiger partial charge in [-0.1, -0.05) is 72.6 Å². The van der Waals surface area contributed by atoms with Crippen molar-refractivity contribution in [2.24, 2.45) is 4.99 Å². The second-order valence-corrected chi connectivity index (χ2v) is 10.1. The molecule has 214 valence electrons. The van der Waals surface area contributed by atoms with E-state index in [0.717, 1.165) is 23.3 Å². The lowest BCUT2D eigenvalue weighted by atomic mass is 10.0. The van der Waals surface area contributed by atoms with Gasteiger partial charge in [-0.3, -0.25) is 19.4 Å². The number of carboxylic acids is 1. The van der Waals surface area contributed by atoms with E-state index < -0.39 is 23.8 Å². The van der Waals surface area contributed by atoms with Crippen LogP contribution in [0.3, 0.4) is 0 Å². The fraction of sp³-hybridized carbons (Fsp3) is 0.258. The van der Waals surface area contributed by atoms with Crippen LogP contribution in [-0.2, 0) is 16.0 Å². The minimum absolute atomic E-state index is 0.0589. The number of rotatable bonds is 13. The number of halogens is 2. The molecular formula is C31H31Cl2N3O5. The van der Waals surface area contributed by atoms with Crippen molar-refractivity contribution in [2.45, 2.75) is 38.6 Å². The van der Waals surface area contributed by atoms with Crippen LogP contribution in [0.15, 0.2) is 71.7 Å². The average molecular weight is 597 g/mol. The number of aliphatic imine (C=N–C) groups is 1. The van der Waals surface area contributed by atoms with Crippen molar-refractivity contribution >= 4 is 52.5 Å². The number of carbonyl (C=O) groups is 4. The van der Waals surface area contributed by atoms with Gasteiger partial charge in [0.1, 0.15) is 6.04 Å². The fourth-order valence-corrected chi connectivity index (χ4v) is 4.83. The summed E-state index contributed by atoms with van der Waals surface area (Å²) in [7, 11) is 1.73. The molecule has 0 saturated heterocycles. The first-order valence-corrected chi connectivity index (χ1v) is 13.8. The molecule has 0 heterocycles. The molecule has 3 aromatic rings. The number of nitrogens with zero attached hydrogens (tertiary/aromatic N) is 1. The Labute approximate surface area is 248 Å². The molecule has 8 nitrogen and oxygen atoms in total. The molecule has 1 atom stereocenters. The lowest BCUT2D eigenvalue weighted by Gasteiger charge is -2.16. The number of aliphatic carboxylic acids is 1. The van der Waals surface area contributed by atoms with E-state index in [-0.39, 0.29) is 40.8 Å². The summed E-state index contributed by atoms with van der Waals surface area (Å²) >= 11 is 12.7. The Kier molecular flexibility index (Phi) is 11.6. The van der Waals surface area contributed by atoms with Crippen molar-refractivity contribution in [1.29, 1.82) is 0 Å². The van der Waals surface area contributed by atoms with E-state index in [1.165, 1.54) is 0 Å². The lowest BCUT2D eigenvalue weighted by Crippen LogP contribution is -2.41. The van der Waals surface area contributed by atoms with Gasteiger partial charge in [-0.25, -0.2) is 4.79 Å². The van der Waals surface area contributed by atoms with Crippen LogP contribution in [0.1, 0.15) is 52.5 Å². The molecule has 41 heavy (non-hydrogen) atoms. The minimum atomic E-state index is -1.37. The topological polar surface area (TPSA) is 125 Å². The summed E-state index contributed by atoms with van der Waals surface area (Å²) in [4.78, 5) is 54.0. The highest BCUT2D eigenvalue weighted by Crippen LogP contribution is 2.32. The summed E-state index contributed by atoms with van der Waals surface area (Å²) in [5.74, 6) is -2.89. The van der Waals surface area contributed by atoms with E-state index in [9.17, 15) is 24.3 Å². The lowest BCUT2D eigenvalue weighted by molar-refractivity contribution is -0.139. The molecule has 10 heteroatoms. The Balaban J connectivity index is 1.57. The van der Waals surface area contributed by atoms with E-state index in [2.05, 4.69) is 15.6 Å². The molecule has 3 N–H and O–H groups in total. The van der Waals surface area contributed by atoms with Crippen LogP contribution in [0, 0.1) is 0 Å². The van der Waals surface area contributed by atoms with Gasteiger partial charge < -0.3 is 15.7 Å². The van der Waals surface area contributed by atoms with Gasteiger partial charge in [-0.15, -0.1) is 0 Å². The van der Waals surface area contributed by atoms with Crippen LogP contribution in [0.2, 0.25) is 10.0 Å². The van der Waals surface area contributed by atoms with Crippen LogP contribution in [0.5, 0.6) is 0 Å². The quantitative estimate of drug-likeness (QED) is 0.220. The molecule has 3 rings (SSSR count). The van der Waals surface area contributed by atoms with Gasteiger partial charge >= 0.3 is 5.97 Å². The Morgan fingerprint density at radius 1 is 0.902 bits per heavy atom. The van der Waals surface area contributed by atoms with Crippen molar-refractivity contribution in [2.75, 3.05) is 13.6 Å². The number of amides is 2. The standard InChI is InChI=1S/C31H31Cl2N3O5/c1-3-23(34-2)15-19-8-7-11-21(14-19)29(38)35-18-24(37)12-13-27(31(40)41)36-30(39)28-25(32)16-22(17-26(28)33)20-9-5-4-6-10-20/h4-11,14,16-17,27H,3,12-13,15,18H2,1-2H3,(H,35,38)(H,36,39)(H,40,41)/t27-/m1/s1. The van der Waals surface area contributed by atoms with Gasteiger partial charge in [0.25, 0.3) is 11.8 Å². The normalized spacial score (nSPS) is 12.0. The Morgan fingerprint density at radius 3 is 2.20 bits per heavy atom. The SMILES string of the molecule is CCC(Cc1cccc(C(=O)NCC(=O)CC[C@@H](NC(=O)c2c(Cl)cc(-c3ccccc3)cc2Cl)C(=O)O)c1)=NC. The van der Waals surface area contributed by atoms with Crippen molar-refractivity contribution in [1.82, 2.24) is 10.6 Å². The highest BCUT2D eigenvalue weighted by atomic mass is 35.5. The van der Waals surface area contributed by atoms with Crippen molar-refractivity contribution in [3.63, 3.8) is 0 Å². The number of carboxylic acid groups (broad SMARTS) is 1. The number of benzene rings is 3. The highest BCUT2D eigenvalue weighted by molar-refractivity contribution is 6.40. The van der Waals surface area contributed by atoms with E-state index in [0.29, 0.717) is 17.5 Å². The maximum Gasteiger partial charge on any atom is 0.326 e.